The minimum absolute atomic E-state index is 0.00151. The molecule has 2 rings (SSSR count). The Labute approximate surface area is 122 Å². The molecule has 112 valence electrons. The molecule has 0 spiro atoms. The number of carbonyl (C=O) groups excluding carboxylic acids is 1. The minimum Gasteiger partial charge on any atom is -0.464 e. The van der Waals surface area contributed by atoms with E-state index in [4.69, 9.17) is 4.42 Å². The van der Waals surface area contributed by atoms with Crippen molar-refractivity contribution in [2.75, 3.05) is 0 Å². The van der Waals surface area contributed by atoms with Gasteiger partial charge >= 0.3 is 0 Å². The van der Waals surface area contributed by atoms with Crippen LogP contribution in [0.15, 0.2) is 21.3 Å². The normalized spacial score (nSPS) is 12.2. The molecular formula is C15H19N3O3. The average Bonchev–Trinajstić information content (AvgIpc) is 2.80. The molecule has 0 saturated heterocycles. The maximum atomic E-state index is 12.1. The summed E-state index contributed by atoms with van der Waals surface area (Å²) in [6.07, 6.45) is -0.00151. The first kappa shape index (κ1) is 15.0. The van der Waals surface area contributed by atoms with Crippen molar-refractivity contribution in [3.63, 3.8) is 0 Å². The molecule has 0 aromatic carbocycles. The number of aryl methyl sites for hydroxylation is 3. The number of amides is 1. The van der Waals surface area contributed by atoms with Crippen LogP contribution in [0.25, 0.3) is 0 Å². The van der Waals surface area contributed by atoms with Gasteiger partial charge < -0.3 is 14.7 Å². The lowest BCUT2D eigenvalue weighted by atomic mass is 10.1. The van der Waals surface area contributed by atoms with Crippen molar-refractivity contribution < 1.29 is 9.21 Å². The number of furan rings is 1. The van der Waals surface area contributed by atoms with E-state index in [9.17, 15) is 9.59 Å². The third-order valence-corrected chi connectivity index (χ3v) is 3.24. The van der Waals surface area contributed by atoms with E-state index in [-0.39, 0.29) is 23.9 Å². The molecule has 0 radical (unpaired) electrons. The lowest BCUT2D eigenvalue weighted by Crippen LogP contribution is -2.31. The Bertz CT molecular complexity index is 715. The third-order valence-electron chi connectivity index (χ3n) is 3.24. The van der Waals surface area contributed by atoms with Gasteiger partial charge in [0, 0.05) is 11.3 Å². The Morgan fingerprint density at radius 1 is 1.38 bits per heavy atom. The first-order valence-electron chi connectivity index (χ1n) is 6.79. The second-order valence-electron chi connectivity index (χ2n) is 5.13. The van der Waals surface area contributed by atoms with Crippen LogP contribution in [0.2, 0.25) is 0 Å². The zero-order valence-corrected chi connectivity index (χ0v) is 12.6. The Morgan fingerprint density at radius 2 is 2.10 bits per heavy atom. The van der Waals surface area contributed by atoms with Gasteiger partial charge in [-0.25, -0.2) is 4.98 Å². The summed E-state index contributed by atoms with van der Waals surface area (Å²) in [4.78, 5) is 30.7. The van der Waals surface area contributed by atoms with Gasteiger partial charge in [-0.1, -0.05) is 0 Å². The zero-order chi connectivity index (χ0) is 15.6. The number of carbonyl (C=O) groups is 1. The van der Waals surface area contributed by atoms with E-state index < -0.39 is 0 Å². The lowest BCUT2D eigenvalue weighted by Gasteiger charge is -2.12. The second-order valence-corrected chi connectivity index (χ2v) is 5.13. The van der Waals surface area contributed by atoms with Crippen molar-refractivity contribution in [1.82, 2.24) is 15.3 Å². The Kier molecular flexibility index (Phi) is 4.26. The van der Waals surface area contributed by atoms with E-state index in [1.54, 1.807) is 13.8 Å². The number of nitrogens with one attached hydrogen (secondary N) is 2. The van der Waals surface area contributed by atoms with Gasteiger partial charge in [-0.05, 0) is 39.8 Å². The smallest absolute Gasteiger partial charge is 0.254 e. The molecule has 1 unspecified atom stereocenters. The quantitative estimate of drug-likeness (QED) is 0.896. The maximum Gasteiger partial charge on any atom is 0.254 e. The largest absolute Gasteiger partial charge is 0.464 e. The Hall–Kier alpha value is -2.37. The van der Waals surface area contributed by atoms with E-state index in [1.807, 2.05) is 26.0 Å². The molecular weight excluding hydrogens is 270 g/mol. The van der Waals surface area contributed by atoms with Crippen LogP contribution in [0.3, 0.4) is 0 Å². The summed E-state index contributed by atoms with van der Waals surface area (Å²) in [5, 5.41) is 2.81. The summed E-state index contributed by atoms with van der Waals surface area (Å²) < 4.78 is 5.46. The van der Waals surface area contributed by atoms with Crippen LogP contribution < -0.4 is 10.9 Å². The van der Waals surface area contributed by atoms with Gasteiger partial charge in [-0.2, -0.15) is 0 Å². The molecule has 6 heteroatoms. The van der Waals surface area contributed by atoms with Crippen LogP contribution in [0.5, 0.6) is 0 Å². The summed E-state index contributed by atoms with van der Waals surface area (Å²) in [6.45, 7) is 7.11. The molecule has 2 aromatic rings. The number of hydrogen-bond donors (Lipinski definition) is 2. The highest BCUT2D eigenvalue weighted by Crippen LogP contribution is 2.15. The number of aromatic nitrogens is 2. The number of hydrogen-bond acceptors (Lipinski definition) is 4. The molecule has 0 aliphatic carbocycles. The van der Waals surface area contributed by atoms with Crippen molar-refractivity contribution >= 4 is 5.91 Å². The highest BCUT2D eigenvalue weighted by molar-refractivity contribution is 5.79. The van der Waals surface area contributed by atoms with E-state index in [1.165, 1.54) is 0 Å². The van der Waals surface area contributed by atoms with Crippen molar-refractivity contribution in [1.29, 1.82) is 0 Å². The van der Waals surface area contributed by atoms with E-state index >= 15 is 0 Å². The Morgan fingerprint density at radius 3 is 2.67 bits per heavy atom. The van der Waals surface area contributed by atoms with E-state index in [2.05, 4.69) is 15.3 Å². The number of H-pyrrole nitrogens is 1. The van der Waals surface area contributed by atoms with Crippen LogP contribution in [0.4, 0.5) is 0 Å². The standard InChI is InChI=1S/C15H19N3O3/c1-8-5-6-13(21-8)10(3)17-14(19)7-12-9(2)16-11(4)18-15(12)20/h5-6,10H,7H2,1-4H3,(H,17,19)(H,16,18,20). The number of aromatic amines is 1. The predicted octanol–water partition coefficient (Wildman–Crippen LogP) is 1.71. The topological polar surface area (TPSA) is 88.0 Å². The maximum absolute atomic E-state index is 12.1. The monoisotopic (exact) mass is 289 g/mol. The van der Waals surface area contributed by atoms with Gasteiger partial charge in [-0.15, -0.1) is 0 Å². The second kappa shape index (κ2) is 5.95. The van der Waals surface area contributed by atoms with Crippen LogP contribution >= 0.6 is 0 Å². The molecule has 21 heavy (non-hydrogen) atoms. The van der Waals surface area contributed by atoms with Gasteiger partial charge in [-0.3, -0.25) is 9.59 Å². The molecule has 0 fully saturated rings. The molecule has 6 nitrogen and oxygen atoms in total. The van der Waals surface area contributed by atoms with Gasteiger partial charge in [0.2, 0.25) is 5.91 Å². The fourth-order valence-corrected chi connectivity index (χ4v) is 2.17. The fourth-order valence-electron chi connectivity index (χ4n) is 2.17. The first-order valence-corrected chi connectivity index (χ1v) is 6.79. The highest BCUT2D eigenvalue weighted by atomic mass is 16.3. The van der Waals surface area contributed by atoms with Gasteiger partial charge in [0.15, 0.2) is 0 Å². The van der Waals surface area contributed by atoms with Crippen LogP contribution in [-0.4, -0.2) is 15.9 Å². The van der Waals surface area contributed by atoms with Gasteiger partial charge in [0.25, 0.3) is 5.56 Å². The molecule has 0 aliphatic rings. The molecule has 2 N–H and O–H groups in total. The summed E-state index contributed by atoms with van der Waals surface area (Å²) in [5.74, 6) is 1.78. The van der Waals surface area contributed by atoms with Gasteiger partial charge in [0.1, 0.15) is 17.3 Å². The number of nitrogens with zero attached hydrogens (tertiary/aromatic N) is 1. The predicted molar refractivity (Wildman–Crippen MR) is 78.0 cm³/mol. The van der Waals surface area contributed by atoms with Gasteiger partial charge in [0.05, 0.1) is 12.5 Å². The first-order chi connectivity index (χ1) is 9.86. The van der Waals surface area contributed by atoms with Crippen LogP contribution in [0, 0.1) is 20.8 Å². The van der Waals surface area contributed by atoms with Crippen LogP contribution in [-0.2, 0) is 11.2 Å². The van der Waals surface area contributed by atoms with E-state index in [0.29, 0.717) is 22.8 Å². The highest BCUT2D eigenvalue weighted by Gasteiger charge is 2.16. The Balaban J connectivity index is 2.07. The zero-order valence-electron chi connectivity index (χ0n) is 12.6. The molecule has 0 saturated carbocycles. The van der Waals surface area contributed by atoms with Crippen molar-refractivity contribution in [3.8, 4) is 0 Å². The number of rotatable bonds is 4. The molecule has 0 aliphatic heterocycles. The van der Waals surface area contributed by atoms with Crippen molar-refractivity contribution in [2.45, 2.75) is 40.2 Å². The summed E-state index contributed by atoms with van der Waals surface area (Å²) in [7, 11) is 0. The molecule has 2 heterocycles. The fraction of sp³-hybridized carbons (Fsp3) is 0.400. The molecule has 1 amide bonds. The summed E-state index contributed by atoms with van der Waals surface area (Å²) in [6, 6.07) is 3.42. The molecule has 1 atom stereocenters. The summed E-state index contributed by atoms with van der Waals surface area (Å²) >= 11 is 0. The molecule has 0 bridgehead atoms. The van der Waals surface area contributed by atoms with Crippen molar-refractivity contribution in [3.05, 3.63) is 51.1 Å². The van der Waals surface area contributed by atoms with E-state index in [0.717, 1.165) is 5.76 Å². The minimum atomic E-state index is -0.267. The SMILES string of the molecule is Cc1nc(C)c(CC(=O)NC(C)c2ccc(C)o2)c(=O)[nH]1. The van der Waals surface area contributed by atoms with Crippen LogP contribution in [0.1, 0.15) is 41.6 Å². The lowest BCUT2D eigenvalue weighted by molar-refractivity contribution is -0.121. The third kappa shape index (κ3) is 3.59. The summed E-state index contributed by atoms with van der Waals surface area (Å²) in [5.41, 5.74) is 0.700. The molecule has 2 aromatic heterocycles. The van der Waals surface area contributed by atoms with Crippen molar-refractivity contribution in [2.24, 2.45) is 0 Å². The average molecular weight is 289 g/mol.